The van der Waals surface area contributed by atoms with Gasteiger partial charge in [-0.3, -0.25) is 0 Å². The summed E-state index contributed by atoms with van der Waals surface area (Å²) in [5.74, 6) is 1.25. The number of rotatable bonds is 7. The van der Waals surface area contributed by atoms with E-state index in [4.69, 9.17) is 21.9 Å². The summed E-state index contributed by atoms with van der Waals surface area (Å²) in [5.41, 5.74) is 9.68. The molecule has 30 heavy (non-hydrogen) atoms. The molecule has 8 nitrogen and oxygen atoms in total. The average molecular weight is 427 g/mol. The van der Waals surface area contributed by atoms with Gasteiger partial charge in [0.15, 0.2) is 12.6 Å². The van der Waals surface area contributed by atoms with Gasteiger partial charge < -0.3 is 9.84 Å². The van der Waals surface area contributed by atoms with Crippen LogP contribution in [0.1, 0.15) is 37.7 Å². The van der Waals surface area contributed by atoms with Crippen LogP contribution >= 0.6 is 11.6 Å². The second kappa shape index (κ2) is 11.2. The predicted octanol–water partition coefficient (Wildman–Crippen LogP) is 6.95. The molecule has 0 aromatic heterocycles. The van der Waals surface area contributed by atoms with Crippen molar-refractivity contribution in [3.63, 3.8) is 0 Å². The molecule has 1 N–H and O–H groups in total. The molecule has 156 valence electrons. The summed E-state index contributed by atoms with van der Waals surface area (Å²) in [6.45, 7) is 0.257. The Morgan fingerprint density at radius 3 is 2.77 bits per heavy atom. The van der Waals surface area contributed by atoms with E-state index in [0.29, 0.717) is 28.8 Å². The Labute approximate surface area is 179 Å². The molecule has 1 aliphatic rings. The van der Waals surface area contributed by atoms with E-state index in [-0.39, 0.29) is 18.4 Å². The van der Waals surface area contributed by atoms with Crippen LogP contribution in [0.4, 0.5) is 5.69 Å². The third-order valence-corrected chi connectivity index (χ3v) is 5.05. The molecule has 1 aliphatic carbocycles. The topological polar surface area (TPSA) is 115 Å². The molecule has 0 aliphatic heterocycles. The number of hydrogen-bond acceptors (Lipinski definition) is 5. The van der Waals surface area contributed by atoms with E-state index < -0.39 is 0 Å². The maximum atomic E-state index is 10.3. The quantitative estimate of drug-likeness (QED) is 0.169. The number of amidine groups is 1. The first kappa shape index (κ1) is 21.6. The SMILES string of the molecule is [N-]=[N+]=NCOc1ccc(O)c(N=C(N=NCc2cccc(Cl)c2)C2CCCCC2)c1. The van der Waals surface area contributed by atoms with Crippen molar-refractivity contribution in [2.45, 2.75) is 38.6 Å². The van der Waals surface area contributed by atoms with Gasteiger partial charge in [-0.15, -0.1) is 5.11 Å². The zero-order chi connectivity index (χ0) is 21.2. The number of phenols is 1. The van der Waals surface area contributed by atoms with Gasteiger partial charge in [-0.25, -0.2) is 4.99 Å². The Hall–Kier alpha value is -3.09. The summed E-state index contributed by atoms with van der Waals surface area (Å²) in [6, 6.07) is 12.2. The highest BCUT2D eigenvalue weighted by Crippen LogP contribution is 2.33. The molecule has 0 spiro atoms. The molecule has 3 rings (SSSR count). The second-order valence-corrected chi connectivity index (χ2v) is 7.43. The Balaban J connectivity index is 1.84. The van der Waals surface area contributed by atoms with Gasteiger partial charge in [-0.05, 0) is 48.2 Å². The van der Waals surface area contributed by atoms with Crippen LogP contribution in [0.2, 0.25) is 5.02 Å². The molecule has 0 atom stereocenters. The molecule has 0 heterocycles. The number of aliphatic imine (C=N–C) groups is 1. The van der Waals surface area contributed by atoms with Crippen molar-refractivity contribution in [1.82, 2.24) is 0 Å². The largest absolute Gasteiger partial charge is 0.506 e. The van der Waals surface area contributed by atoms with Crippen LogP contribution in [-0.4, -0.2) is 17.7 Å². The zero-order valence-corrected chi connectivity index (χ0v) is 17.2. The van der Waals surface area contributed by atoms with Crippen molar-refractivity contribution < 1.29 is 9.84 Å². The Bertz CT molecular complexity index is 966. The lowest BCUT2D eigenvalue weighted by Crippen LogP contribution is -2.15. The van der Waals surface area contributed by atoms with Crippen LogP contribution < -0.4 is 4.74 Å². The lowest BCUT2D eigenvalue weighted by molar-refractivity contribution is 0.328. The number of azide groups is 1. The van der Waals surface area contributed by atoms with E-state index in [9.17, 15) is 5.11 Å². The maximum absolute atomic E-state index is 10.3. The maximum Gasteiger partial charge on any atom is 0.167 e. The standard InChI is InChI=1S/C21H23ClN6O2/c22-17-8-4-5-15(11-17)13-24-27-21(16-6-2-1-3-7-16)26-19-12-18(9-10-20(19)29)30-14-25-28-23/h4-5,8-12,16,29H,1-3,6-7,13-14H2. The summed E-state index contributed by atoms with van der Waals surface area (Å²) in [4.78, 5) is 7.27. The fraction of sp³-hybridized carbons (Fsp3) is 0.381. The normalized spacial score (nSPS) is 15.2. The molecule has 2 aromatic carbocycles. The van der Waals surface area contributed by atoms with Gasteiger partial charge in [0, 0.05) is 21.9 Å². The first-order valence-corrected chi connectivity index (χ1v) is 10.2. The van der Waals surface area contributed by atoms with Crippen molar-refractivity contribution >= 4 is 23.1 Å². The number of benzene rings is 2. The van der Waals surface area contributed by atoms with E-state index in [2.05, 4.69) is 25.2 Å². The first-order valence-electron chi connectivity index (χ1n) is 9.83. The van der Waals surface area contributed by atoms with Gasteiger partial charge in [0.2, 0.25) is 0 Å². The number of aromatic hydroxyl groups is 1. The fourth-order valence-electron chi connectivity index (χ4n) is 3.32. The number of halogens is 1. The Kier molecular flexibility index (Phi) is 8.06. The van der Waals surface area contributed by atoms with Crippen molar-refractivity contribution in [2.75, 3.05) is 6.73 Å². The third kappa shape index (κ3) is 6.47. The van der Waals surface area contributed by atoms with Crippen LogP contribution in [0.25, 0.3) is 10.4 Å². The van der Waals surface area contributed by atoms with E-state index in [1.54, 1.807) is 12.1 Å². The number of azo groups is 1. The summed E-state index contributed by atoms with van der Waals surface area (Å²) in [5, 5.41) is 23.0. The van der Waals surface area contributed by atoms with Crippen molar-refractivity contribution in [3.05, 3.63) is 63.5 Å². The highest BCUT2D eigenvalue weighted by Gasteiger charge is 2.20. The predicted molar refractivity (Wildman–Crippen MR) is 116 cm³/mol. The second-order valence-electron chi connectivity index (χ2n) is 6.99. The number of phenolic OH excluding ortho intramolecular Hbond substituents is 1. The smallest absolute Gasteiger partial charge is 0.167 e. The minimum Gasteiger partial charge on any atom is -0.506 e. The van der Waals surface area contributed by atoms with Gasteiger partial charge in [0.05, 0.1) is 6.54 Å². The molecule has 0 bridgehead atoms. The van der Waals surface area contributed by atoms with Gasteiger partial charge in [-0.1, -0.05) is 48.1 Å². The van der Waals surface area contributed by atoms with Crippen molar-refractivity contribution in [3.8, 4) is 11.5 Å². The number of ether oxygens (including phenoxy) is 1. The molecule has 0 saturated heterocycles. The molecular weight excluding hydrogens is 404 g/mol. The highest BCUT2D eigenvalue weighted by atomic mass is 35.5. The fourth-order valence-corrected chi connectivity index (χ4v) is 3.53. The van der Waals surface area contributed by atoms with Gasteiger partial charge in [0.25, 0.3) is 0 Å². The van der Waals surface area contributed by atoms with Gasteiger partial charge in [0.1, 0.15) is 17.2 Å². The minimum absolute atomic E-state index is 0.0180. The van der Waals surface area contributed by atoms with Crippen LogP contribution in [0.3, 0.4) is 0 Å². The highest BCUT2D eigenvalue weighted by molar-refractivity contribution is 6.30. The van der Waals surface area contributed by atoms with Gasteiger partial charge >= 0.3 is 0 Å². The summed E-state index contributed by atoms with van der Waals surface area (Å²) in [6.07, 6.45) is 5.42. The Morgan fingerprint density at radius 2 is 2.00 bits per heavy atom. The lowest BCUT2D eigenvalue weighted by Gasteiger charge is -2.20. The first-order chi connectivity index (χ1) is 14.7. The molecule has 2 aromatic rings. The molecular formula is C21H23ClN6O2. The number of nitrogens with zero attached hydrogens (tertiary/aromatic N) is 6. The van der Waals surface area contributed by atoms with E-state index in [1.165, 1.54) is 12.5 Å². The summed E-state index contributed by atoms with van der Waals surface area (Å²) >= 11 is 6.03. The summed E-state index contributed by atoms with van der Waals surface area (Å²) in [7, 11) is 0. The van der Waals surface area contributed by atoms with Crippen molar-refractivity contribution in [2.24, 2.45) is 26.3 Å². The van der Waals surface area contributed by atoms with Crippen LogP contribution in [0, 0.1) is 5.92 Å². The average Bonchev–Trinajstić information content (AvgIpc) is 2.76. The van der Waals surface area contributed by atoms with E-state index in [0.717, 1.165) is 31.2 Å². The lowest BCUT2D eigenvalue weighted by atomic mass is 9.88. The molecule has 0 unspecified atom stereocenters. The van der Waals surface area contributed by atoms with Crippen LogP contribution in [-0.2, 0) is 6.54 Å². The van der Waals surface area contributed by atoms with Crippen LogP contribution in [0.15, 0.2) is 62.8 Å². The van der Waals surface area contributed by atoms with Crippen molar-refractivity contribution in [1.29, 1.82) is 0 Å². The number of hydrogen-bond donors (Lipinski definition) is 1. The molecule has 9 heteroatoms. The van der Waals surface area contributed by atoms with E-state index >= 15 is 0 Å². The summed E-state index contributed by atoms with van der Waals surface area (Å²) < 4.78 is 5.35. The molecule has 1 fully saturated rings. The van der Waals surface area contributed by atoms with E-state index in [1.807, 2.05) is 24.3 Å². The molecule has 0 radical (unpaired) electrons. The minimum atomic E-state index is -0.140. The van der Waals surface area contributed by atoms with Crippen LogP contribution in [0.5, 0.6) is 11.5 Å². The van der Waals surface area contributed by atoms with Gasteiger partial charge in [-0.2, -0.15) is 5.11 Å². The monoisotopic (exact) mass is 426 g/mol. The zero-order valence-electron chi connectivity index (χ0n) is 16.5. The Morgan fingerprint density at radius 1 is 1.17 bits per heavy atom. The molecule has 0 amide bonds. The third-order valence-electron chi connectivity index (χ3n) is 4.82. The molecule has 1 saturated carbocycles.